The zero-order valence-electron chi connectivity index (χ0n) is 14.9. The van der Waals surface area contributed by atoms with Crippen molar-refractivity contribution < 1.29 is 9.84 Å². The van der Waals surface area contributed by atoms with E-state index in [1.807, 2.05) is 41.8 Å². The van der Waals surface area contributed by atoms with Crippen LogP contribution in [0.4, 0.5) is 5.82 Å². The molecular formula is C19H19N5O2S. The van der Waals surface area contributed by atoms with Crippen LogP contribution in [0.5, 0.6) is 0 Å². The molecule has 1 N–H and O–H groups in total. The zero-order valence-corrected chi connectivity index (χ0v) is 15.7. The summed E-state index contributed by atoms with van der Waals surface area (Å²) in [6, 6.07) is 9.95. The van der Waals surface area contributed by atoms with Gasteiger partial charge in [0.25, 0.3) is 0 Å². The molecule has 27 heavy (non-hydrogen) atoms. The number of hydrogen-bond donors (Lipinski definition) is 1. The third-order valence-electron chi connectivity index (χ3n) is 4.79. The van der Waals surface area contributed by atoms with E-state index < -0.39 is 0 Å². The molecule has 0 aliphatic carbocycles. The second-order valence-corrected chi connectivity index (χ2v) is 7.65. The second-order valence-electron chi connectivity index (χ2n) is 6.51. The van der Waals surface area contributed by atoms with Crippen LogP contribution in [0.1, 0.15) is 10.7 Å². The van der Waals surface area contributed by atoms with Gasteiger partial charge in [0, 0.05) is 18.0 Å². The van der Waals surface area contributed by atoms with Gasteiger partial charge in [-0.25, -0.2) is 9.97 Å². The molecule has 138 valence electrons. The molecule has 4 heterocycles. The van der Waals surface area contributed by atoms with E-state index in [1.165, 1.54) is 0 Å². The highest BCUT2D eigenvalue weighted by atomic mass is 32.1. The molecule has 8 heteroatoms. The van der Waals surface area contributed by atoms with E-state index in [9.17, 15) is 5.11 Å². The lowest BCUT2D eigenvalue weighted by Crippen LogP contribution is -2.37. The first-order valence-corrected chi connectivity index (χ1v) is 9.75. The van der Waals surface area contributed by atoms with Gasteiger partial charge in [-0.1, -0.05) is 12.1 Å². The Hall–Kier alpha value is -2.55. The highest BCUT2D eigenvalue weighted by Crippen LogP contribution is 2.34. The predicted molar refractivity (Wildman–Crippen MR) is 106 cm³/mol. The van der Waals surface area contributed by atoms with Crippen LogP contribution in [0.25, 0.3) is 27.2 Å². The SMILES string of the molecule is Cc1nc2ccccc2n1-c1nc(N2CCOCC2)c2sc(CO)cc2n1. The van der Waals surface area contributed by atoms with Crippen LogP contribution in [0.2, 0.25) is 0 Å². The molecule has 1 saturated heterocycles. The van der Waals surface area contributed by atoms with E-state index in [2.05, 4.69) is 9.88 Å². The summed E-state index contributed by atoms with van der Waals surface area (Å²) >= 11 is 1.55. The maximum atomic E-state index is 9.59. The fraction of sp³-hybridized carbons (Fsp3) is 0.316. The Labute approximate surface area is 159 Å². The van der Waals surface area contributed by atoms with Gasteiger partial charge in [0.1, 0.15) is 5.82 Å². The predicted octanol–water partition coefficient (Wildman–Crippen LogP) is 2.67. The number of aliphatic hydroxyl groups excluding tert-OH is 1. The number of morpholine rings is 1. The minimum Gasteiger partial charge on any atom is -0.391 e. The number of para-hydroxylation sites is 2. The van der Waals surface area contributed by atoms with Crippen LogP contribution in [0.15, 0.2) is 30.3 Å². The Kier molecular flexibility index (Phi) is 4.04. The summed E-state index contributed by atoms with van der Waals surface area (Å²) in [5, 5.41) is 9.59. The number of aliphatic hydroxyl groups is 1. The third-order valence-corrected chi connectivity index (χ3v) is 5.89. The highest BCUT2D eigenvalue weighted by molar-refractivity contribution is 7.19. The fourth-order valence-electron chi connectivity index (χ4n) is 3.52. The second kappa shape index (κ2) is 6.56. The van der Waals surface area contributed by atoms with E-state index in [4.69, 9.17) is 14.7 Å². The molecule has 5 rings (SSSR count). The molecule has 3 aromatic heterocycles. The molecule has 0 unspecified atom stereocenters. The first-order chi connectivity index (χ1) is 13.2. The number of anilines is 1. The zero-order chi connectivity index (χ0) is 18.4. The van der Waals surface area contributed by atoms with Gasteiger partial charge in [-0.05, 0) is 25.1 Å². The number of nitrogens with zero attached hydrogens (tertiary/aromatic N) is 5. The summed E-state index contributed by atoms with van der Waals surface area (Å²) in [6.45, 7) is 4.93. The van der Waals surface area contributed by atoms with Crippen molar-refractivity contribution in [2.45, 2.75) is 13.5 Å². The molecule has 1 aromatic carbocycles. The number of ether oxygens (including phenoxy) is 1. The van der Waals surface area contributed by atoms with Crippen molar-refractivity contribution in [3.05, 3.63) is 41.0 Å². The average molecular weight is 381 g/mol. The quantitative estimate of drug-likeness (QED) is 0.588. The van der Waals surface area contributed by atoms with E-state index in [0.717, 1.165) is 50.9 Å². The Bertz CT molecular complexity index is 1130. The summed E-state index contributed by atoms with van der Waals surface area (Å²) < 4.78 is 8.50. The fourth-order valence-corrected chi connectivity index (χ4v) is 4.49. The lowest BCUT2D eigenvalue weighted by molar-refractivity contribution is 0.122. The number of thiophene rings is 1. The smallest absolute Gasteiger partial charge is 0.238 e. The minimum absolute atomic E-state index is 0.00590. The van der Waals surface area contributed by atoms with Crippen molar-refractivity contribution in [3.63, 3.8) is 0 Å². The van der Waals surface area contributed by atoms with Gasteiger partial charge in [0.05, 0.1) is 41.1 Å². The van der Waals surface area contributed by atoms with E-state index >= 15 is 0 Å². The number of hydrogen-bond acceptors (Lipinski definition) is 7. The number of aryl methyl sites for hydroxylation is 1. The monoisotopic (exact) mass is 381 g/mol. The number of imidazole rings is 1. The average Bonchev–Trinajstić information content (AvgIpc) is 3.27. The Morgan fingerprint density at radius 3 is 2.74 bits per heavy atom. The molecule has 0 bridgehead atoms. The molecule has 1 fully saturated rings. The van der Waals surface area contributed by atoms with E-state index in [0.29, 0.717) is 19.2 Å². The molecule has 1 aliphatic rings. The lowest BCUT2D eigenvalue weighted by Gasteiger charge is -2.28. The van der Waals surface area contributed by atoms with Crippen LogP contribution in [-0.4, -0.2) is 50.9 Å². The number of benzene rings is 1. The summed E-state index contributed by atoms with van der Waals surface area (Å²) in [4.78, 5) is 17.5. The number of rotatable bonds is 3. The third kappa shape index (κ3) is 2.77. The molecule has 0 saturated carbocycles. The molecule has 4 aromatic rings. The van der Waals surface area contributed by atoms with Crippen LogP contribution in [0, 0.1) is 6.92 Å². The summed E-state index contributed by atoms with van der Waals surface area (Å²) in [5.74, 6) is 2.36. The van der Waals surface area contributed by atoms with Gasteiger partial charge in [0.2, 0.25) is 5.95 Å². The number of fused-ring (bicyclic) bond motifs is 2. The first-order valence-electron chi connectivity index (χ1n) is 8.93. The summed E-state index contributed by atoms with van der Waals surface area (Å²) in [5.41, 5.74) is 2.76. The Morgan fingerprint density at radius 1 is 1.11 bits per heavy atom. The Balaban J connectivity index is 1.76. The molecular weight excluding hydrogens is 362 g/mol. The summed E-state index contributed by atoms with van der Waals surface area (Å²) in [6.07, 6.45) is 0. The van der Waals surface area contributed by atoms with Crippen molar-refractivity contribution in [3.8, 4) is 5.95 Å². The van der Waals surface area contributed by atoms with E-state index in [-0.39, 0.29) is 6.61 Å². The maximum absolute atomic E-state index is 9.59. The molecule has 0 amide bonds. The van der Waals surface area contributed by atoms with Crippen molar-refractivity contribution >= 4 is 38.4 Å². The van der Waals surface area contributed by atoms with Gasteiger partial charge in [-0.15, -0.1) is 11.3 Å². The standard InChI is InChI=1S/C19H19N5O2S/c1-12-20-14-4-2-3-5-16(14)24(12)19-21-15-10-13(11-25)27-17(15)18(22-19)23-6-8-26-9-7-23/h2-5,10,25H,6-9,11H2,1H3. The van der Waals surface area contributed by atoms with Crippen LogP contribution in [-0.2, 0) is 11.3 Å². The molecule has 0 atom stereocenters. The first kappa shape index (κ1) is 16.6. The summed E-state index contributed by atoms with van der Waals surface area (Å²) in [7, 11) is 0. The van der Waals surface area contributed by atoms with E-state index in [1.54, 1.807) is 11.3 Å². The number of aromatic nitrogens is 4. The molecule has 0 radical (unpaired) electrons. The highest BCUT2D eigenvalue weighted by Gasteiger charge is 2.21. The molecule has 0 spiro atoms. The Morgan fingerprint density at radius 2 is 1.93 bits per heavy atom. The van der Waals surface area contributed by atoms with Crippen molar-refractivity contribution in [2.24, 2.45) is 0 Å². The van der Waals surface area contributed by atoms with Crippen molar-refractivity contribution in [2.75, 3.05) is 31.2 Å². The van der Waals surface area contributed by atoms with Gasteiger partial charge >= 0.3 is 0 Å². The van der Waals surface area contributed by atoms with Crippen molar-refractivity contribution in [1.29, 1.82) is 0 Å². The van der Waals surface area contributed by atoms with Gasteiger partial charge in [-0.3, -0.25) is 4.57 Å². The van der Waals surface area contributed by atoms with Crippen LogP contribution < -0.4 is 4.90 Å². The molecule has 7 nitrogen and oxygen atoms in total. The largest absolute Gasteiger partial charge is 0.391 e. The topological polar surface area (TPSA) is 76.3 Å². The minimum atomic E-state index is 0.00590. The van der Waals surface area contributed by atoms with Gasteiger partial charge < -0.3 is 14.7 Å². The van der Waals surface area contributed by atoms with Crippen LogP contribution in [0.3, 0.4) is 0 Å². The van der Waals surface area contributed by atoms with Crippen LogP contribution >= 0.6 is 11.3 Å². The molecule has 1 aliphatic heterocycles. The lowest BCUT2D eigenvalue weighted by atomic mass is 10.3. The van der Waals surface area contributed by atoms with Gasteiger partial charge in [0.15, 0.2) is 5.82 Å². The maximum Gasteiger partial charge on any atom is 0.238 e. The van der Waals surface area contributed by atoms with Crippen molar-refractivity contribution in [1.82, 2.24) is 19.5 Å². The van der Waals surface area contributed by atoms with Gasteiger partial charge in [-0.2, -0.15) is 4.98 Å². The normalized spacial score (nSPS) is 15.1.